The van der Waals surface area contributed by atoms with Crippen LogP contribution in [0.4, 0.5) is 5.69 Å². The number of nitriles is 1. The third-order valence-electron chi connectivity index (χ3n) is 4.39. The van der Waals surface area contributed by atoms with E-state index in [4.69, 9.17) is 14.7 Å². The zero-order valence-corrected chi connectivity index (χ0v) is 15.5. The standard InChI is InChI=1S/C20H23N3O3/c1-14(20(24)22-17-10-6-5-8-15(17)12-21)23(2)13-16-9-7-11-18(25-3)19(16)26-4/h5-11,14H,13H2,1-4H3,(H,22,24)/p+1/t14-/m0/s1. The predicted octanol–water partition coefficient (Wildman–Crippen LogP) is 1.62. The fraction of sp³-hybridized carbons (Fsp3) is 0.300. The fourth-order valence-electron chi connectivity index (χ4n) is 2.70. The van der Waals surface area contributed by atoms with E-state index in [0.717, 1.165) is 10.5 Å². The molecule has 0 aromatic heterocycles. The Labute approximate surface area is 153 Å². The van der Waals surface area contributed by atoms with Crippen LogP contribution in [0.25, 0.3) is 0 Å². The molecule has 1 amide bonds. The van der Waals surface area contributed by atoms with Gasteiger partial charge in [-0.2, -0.15) is 5.26 Å². The molecule has 0 aliphatic heterocycles. The Hall–Kier alpha value is -3.04. The SMILES string of the molecule is COc1cccc(C[NH+](C)[C@@H](C)C(=O)Nc2ccccc2C#N)c1OC. The zero-order valence-electron chi connectivity index (χ0n) is 15.5. The largest absolute Gasteiger partial charge is 0.493 e. The number of nitrogens with zero attached hydrogens (tertiary/aromatic N) is 1. The number of para-hydroxylation sites is 2. The minimum atomic E-state index is -0.322. The molecule has 0 aliphatic rings. The summed E-state index contributed by atoms with van der Waals surface area (Å²) in [6, 6.07) is 14.4. The van der Waals surface area contributed by atoms with Crippen LogP contribution in [-0.4, -0.2) is 33.2 Å². The summed E-state index contributed by atoms with van der Waals surface area (Å²) in [5.41, 5.74) is 1.93. The van der Waals surface area contributed by atoms with Gasteiger partial charge in [-0.15, -0.1) is 0 Å². The van der Waals surface area contributed by atoms with Crippen LogP contribution in [0.5, 0.6) is 11.5 Å². The molecule has 0 heterocycles. The smallest absolute Gasteiger partial charge is 0.282 e. The number of hydrogen-bond donors (Lipinski definition) is 2. The van der Waals surface area contributed by atoms with E-state index < -0.39 is 0 Å². The zero-order chi connectivity index (χ0) is 19.1. The van der Waals surface area contributed by atoms with Crippen LogP contribution < -0.4 is 19.7 Å². The molecule has 2 aromatic rings. The number of anilines is 1. The highest BCUT2D eigenvalue weighted by atomic mass is 16.5. The quantitative estimate of drug-likeness (QED) is 0.792. The van der Waals surface area contributed by atoms with Crippen LogP contribution in [0.3, 0.4) is 0 Å². The Bertz CT molecular complexity index is 814. The van der Waals surface area contributed by atoms with Crippen molar-refractivity contribution in [2.45, 2.75) is 19.5 Å². The lowest BCUT2D eigenvalue weighted by atomic mass is 10.1. The Morgan fingerprint density at radius 2 is 1.92 bits per heavy atom. The highest BCUT2D eigenvalue weighted by Crippen LogP contribution is 2.30. The molecular formula is C20H24N3O3+. The molecule has 2 atom stereocenters. The number of methoxy groups -OCH3 is 2. The van der Waals surface area contributed by atoms with E-state index in [1.165, 1.54) is 0 Å². The highest BCUT2D eigenvalue weighted by Gasteiger charge is 2.24. The van der Waals surface area contributed by atoms with Gasteiger partial charge < -0.3 is 19.7 Å². The number of hydrogen-bond acceptors (Lipinski definition) is 4. The summed E-state index contributed by atoms with van der Waals surface area (Å²) in [6.07, 6.45) is 0. The first-order valence-electron chi connectivity index (χ1n) is 8.34. The Morgan fingerprint density at radius 3 is 2.58 bits per heavy atom. The molecular weight excluding hydrogens is 330 g/mol. The van der Waals surface area contributed by atoms with Gasteiger partial charge in [0.2, 0.25) is 0 Å². The van der Waals surface area contributed by atoms with Gasteiger partial charge in [-0.25, -0.2) is 0 Å². The van der Waals surface area contributed by atoms with Crippen molar-refractivity contribution in [3.63, 3.8) is 0 Å². The van der Waals surface area contributed by atoms with Gasteiger partial charge >= 0.3 is 0 Å². The summed E-state index contributed by atoms with van der Waals surface area (Å²) in [7, 11) is 5.14. The highest BCUT2D eigenvalue weighted by molar-refractivity contribution is 5.94. The lowest BCUT2D eigenvalue weighted by molar-refractivity contribution is -0.907. The maximum Gasteiger partial charge on any atom is 0.282 e. The average molecular weight is 354 g/mol. The van der Waals surface area contributed by atoms with Gasteiger partial charge in [-0.1, -0.05) is 18.2 Å². The summed E-state index contributed by atoms with van der Waals surface area (Å²) in [5, 5.41) is 12.0. The molecule has 6 heteroatoms. The number of quaternary nitrogens is 1. The summed E-state index contributed by atoms with van der Waals surface area (Å²) in [4.78, 5) is 13.6. The molecule has 1 unspecified atom stereocenters. The lowest BCUT2D eigenvalue weighted by Crippen LogP contribution is -3.12. The molecule has 0 spiro atoms. The molecule has 6 nitrogen and oxygen atoms in total. The van der Waals surface area contributed by atoms with Crippen LogP contribution in [0.1, 0.15) is 18.1 Å². The second-order valence-corrected chi connectivity index (χ2v) is 6.04. The Morgan fingerprint density at radius 1 is 1.19 bits per heavy atom. The molecule has 2 aromatic carbocycles. The first-order valence-corrected chi connectivity index (χ1v) is 8.34. The third-order valence-corrected chi connectivity index (χ3v) is 4.39. The van der Waals surface area contributed by atoms with Gasteiger partial charge in [0.1, 0.15) is 12.6 Å². The molecule has 0 saturated carbocycles. The van der Waals surface area contributed by atoms with E-state index >= 15 is 0 Å². The van der Waals surface area contributed by atoms with E-state index in [2.05, 4.69) is 11.4 Å². The van der Waals surface area contributed by atoms with E-state index in [1.54, 1.807) is 38.5 Å². The van der Waals surface area contributed by atoms with Crippen molar-refractivity contribution in [2.75, 3.05) is 26.6 Å². The average Bonchev–Trinajstić information content (AvgIpc) is 2.67. The number of likely N-dealkylation sites (N-methyl/N-ethyl adjacent to an activating group) is 1. The van der Waals surface area contributed by atoms with Crippen molar-refractivity contribution in [3.8, 4) is 17.6 Å². The number of amides is 1. The first-order chi connectivity index (χ1) is 12.5. The van der Waals surface area contributed by atoms with Crippen molar-refractivity contribution >= 4 is 11.6 Å². The molecule has 0 aliphatic carbocycles. The summed E-state index contributed by atoms with van der Waals surface area (Å²) in [6.45, 7) is 2.45. The van der Waals surface area contributed by atoms with E-state index in [0.29, 0.717) is 29.3 Å². The molecule has 0 saturated heterocycles. The van der Waals surface area contributed by atoms with E-state index in [-0.39, 0.29) is 11.9 Å². The minimum absolute atomic E-state index is 0.146. The predicted molar refractivity (Wildman–Crippen MR) is 99.4 cm³/mol. The molecule has 26 heavy (non-hydrogen) atoms. The van der Waals surface area contributed by atoms with Gasteiger partial charge in [0.25, 0.3) is 5.91 Å². The first kappa shape index (κ1) is 19.3. The monoisotopic (exact) mass is 354 g/mol. The number of benzene rings is 2. The summed E-state index contributed by atoms with van der Waals surface area (Å²) < 4.78 is 10.8. The number of rotatable bonds is 7. The van der Waals surface area contributed by atoms with Crippen LogP contribution in [0.2, 0.25) is 0 Å². The maximum atomic E-state index is 12.6. The summed E-state index contributed by atoms with van der Waals surface area (Å²) >= 11 is 0. The lowest BCUT2D eigenvalue weighted by Gasteiger charge is -2.22. The van der Waals surface area contributed by atoms with Gasteiger partial charge in [-0.05, 0) is 31.2 Å². The van der Waals surface area contributed by atoms with Crippen molar-refractivity contribution in [2.24, 2.45) is 0 Å². The third kappa shape index (κ3) is 4.32. The normalized spacial score (nSPS) is 12.6. The van der Waals surface area contributed by atoms with Crippen LogP contribution in [-0.2, 0) is 11.3 Å². The minimum Gasteiger partial charge on any atom is -0.493 e. The van der Waals surface area contributed by atoms with Gasteiger partial charge in [0.15, 0.2) is 17.5 Å². The van der Waals surface area contributed by atoms with Crippen LogP contribution >= 0.6 is 0 Å². The van der Waals surface area contributed by atoms with Crippen molar-refractivity contribution in [3.05, 3.63) is 53.6 Å². The molecule has 0 radical (unpaired) electrons. The van der Waals surface area contributed by atoms with Crippen LogP contribution in [0.15, 0.2) is 42.5 Å². The number of carbonyl (C=O) groups excluding carboxylic acids is 1. The second-order valence-electron chi connectivity index (χ2n) is 6.04. The van der Waals surface area contributed by atoms with Gasteiger partial charge in [0.05, 0.1) is 38.1 Å². The molecule has 0 fully saturated rings. The van der Waals surface area contributed by atoms with Crippen LogP contribution in [0, 0.1) is 11.3 Å². The number of ether oxygens (including phenoxy) is 2. The van der Waals surface area contributed by atoms with E-state index in [1.807, 2.05) is 32.2 Å². The topological polar surface area (TPSA) is 75.8 Å². The Balaban J connectivity index is 2.11. The van der Waals surface area contributed by atoms with Gasteiger partial charge in [0, 0.05) is 0 Å². The fourth-order valence-corrected chi connectivity index (χ4v) is 2.70. The number of nitrogens with one attached hydrogen (secondary N) is 2. The maximum absolute atomic E-state index is 12.6. The van der Waals surface area contributed by atoms with E-state index in [9.17, 15) is 4.79 Å². The number of carbonyl (C=O) groups is 1. The van der Waals surface area contributed by atoms with Crippen molar-refractivity contribution in [1.29, 1.82) is 5.26 Å². The van der Waals surface area contributed by atoms with Crippen molar-refractivity contribution < 1.29 is 19.2 Å². The molecule has 2 N–H and O–H groups in total. The second kappa shape index (κ2) is 8.88. The van der Waals surface area contributed by atoms with Crippen molar-refractivity contribution in [1.82, 2.24) is 0 Å². The van der Waals surface area contributed by atoms with Gasteiger partial charge in [-0.3, -0.25) is 4.79 Å². The molecule has 0 bridgehead atoms. The summed E-state index contributed by atoms with van der Waals surface area (Å²) in [5.74, 6) is 1.20. The molecule has 136 valence electrons. The molecule has 2 rings (SSSR count). The Kier molecular flexibility index (Phi) is 6.59.